The number of nitrogens with two attached hydrogens (primary N) is 1. The first kappa shape index (κ1) is 12.6. The van der Waals surface area contributed by atoms with Crippen molar-refractivity contribution < 1.29 is 0 Å². The van der Waals surface area contributed by atoms with E-state index in [0.29, 0.717) is 12.0 Å². The molecule has 3 N–H and O–H groups in total. The summed E-state index contributed by atoms with van der Waals surface area (Å²) in [7, 11) is 2.11. The van der Waals surface area contributed by atoms with Gasteiger partial charge in [0.25, 0.3) is 0 Å². The Morgan fingerprint density at radius 3 is 2.84 bits per heavy atom. The third-order valence-electron chi connectivity index (χ3n) is 3.87. The number of fused-ring (bicyclic) bond motifs is 1. The molecule has 0 aromatic carbocycles. The number of nitrogens with one attached hydrogen (secondary N) is 1. The molecule has 102 valence electrons. The second-order valence-corrected chi connectivity index (χ2v) is 6.51. The molecule has 1 aliphatic rings. The zero-order chi connectivity index (χ0) is 13.6. The molecule has 1 aliphatic carbocycles. The van der Waals surface area contributed by atoms with Crippen LogP contribution < -0.4 is 16.2 Å². The Labute approximate surface area is 116 Å². The van der Waals surface area contributed by atoms with Gasteiger partial charge in [-0.3, -0.25) is 5.43 Å². The lowest BCUT2D eigenvalue weighted by molar-refractivity contribution is 0.605. The van der Waals surface area contributed by atoms with Gasteiger partial charge >= 0.3 is 0 Å². The van der Waals surface area contributed by atoms with Crippen molar-refractivity contribution in [3.05, 3.63) is 10.9 Å². The Morgan fingerprint density at radius 1 is 1.47 bits per heavy atom. The highest BCUT2D eigenvalue weighted by atomic mass is 32.1. The topological polar surface area (TPSA) is 67.1 Å². The van der Waals surface area contributed by atoms with Gasteiger partial charge in [0.2, 0.25) is 5.95 Å². The smallest absolute Gasteiger partial charge is 0.240 e. The summed E-state index contributed by atoms with van der Waals surface area (Å²) in [5, 5.41) is 1.12. The molecule has 3 rings (SSSR count). The maximum Gasteiger partial charge on any atom is 0.240 e. The molecule has 0 saturated heterocycles. The van der Waals surface area contributed by atoms with E-state index in [9.17, 15) is 0 Å². The van der Waals surface area contributed by atoms with Gasteiger partial charge in [0.15, 0.2) is 0 Å². The van der Waals surface area contributed by atoms with Gasteiger partial charge in [-0.15, -0.1) is 11.3 Å². The average Bonchev–Trinajstić information content (AvgIpc) is 3.17. The molecule has 0 bridgehead atoms. The monoisotopic (exact) mass is 277 g/mol. The summed E-state index contributed by atoms with van der Waals surface area (Å²) in [5.41, 5.74) is 2.57. The van der Waals surface area contributed by atoms with Crippen LogP contribution in [-0.2, 0) is 0 Å². The Morgan fingerprint density at radius 2 is 2.21 bits per heavy atom. The first-order valence-corrected chi connectivity index (χ1v) is 7.39. The fourth-order valence-electron chi connectivity index (χ4n) is 2.45. The van der Waals surface area contributed by atoms with E-state index in [-0.39, 0.29) is 0 Å². The van der Waals surface area contributed by atoms with E-state index in [1.807, 2.05) is 0 Å². The molecule has 1 atom stereocenters. The second-order valence-electron chi connectivity index (χ2n) is 5.28. The van der Waals surface area contributed by atoms with Crippen LogP contribution in [0.1, 0.15) is 24.6 Å². The van der Waals surface area contributed by atoms with Gasteiger partial charge in [0.05, 0.1) is 5.39 Å². The van der Waals surface area contributed by atoms with E-state index in [2.05, 4.69) is 47.3 Å². The fraction of sp³-hybridized carbons (Fsp3) is 0.538. The van der Waals surface area contributed by atoms with E-state index >= 15 is 0 Å². The van der Waals surface area contributed by atoms with Crippen LogP contribution in [0.2, 0.25) is 0 Å². The zero-order valence-electron chi connectivity index (χ0n) is 11.5. The van der Waals surface area contributed by atoms with E-state index < -0.39 is 0 Å². The predicted molar refractivity (Wildman–Crippen MR) is 80.6 cm³/mol. The first-order valence-electron chi connectivity index (χ1n) is 6.57. The molecule has 2 heterocycles. The third kappa shape index (κ3) is 2.26. The fourth-order valence-corrected chi connectivity index (χ4v) is 3.32. The highest BCUT2D eigenvalue weighted by Gasteiger charge is 2.32. The molecule has 0 aliphatic heterocycles. The van der Waals surface area contributed by atoms with Crippen molar-refractivity contribution in [2.75, 3.05) is 17.4 Å². The highest BCUT2D eigenvalue weighted by Crippen LogP contribution is 2.38. The molecule has 0 spiro atoms. The van der Waals surface area contributed by atoms with Gasteiger partial charge in [0.1, 0.15) is 10.6 Å². The first-order chi connectivity index (χ1) is 9.10. The SMILES string of the molecule is Cc1cc2c(N(C)C(C)C3CC3)nc(NN)nc2s1. The summed E-state index contributed by atoms with van der Waals surface area (Å²) in [6.45, 7) is 4.36. The lowest BCUT2D eigenvalue weighted by Gasteiger charge is -2.26. The minimum Gasteiger partial charge on any atom is -0.356 e. The van der Waals surface area contributed by atoms with Crippen molar-refractivity contribution in [2.24, 2.45) is 11.8 Å². The third-order valence-corrected chi connectivity index (χ3v) is 4.82. The van der Waals surface area contributed by atoms with E-state index in [4.69, 9.17) is 5.84 Å². The van der Waals surface area contributed by atoms with Crippen LogP contribution in [0.4, 0.5) is 11.8 Å². The standard InChI is InChI=1S/C13H19N5S/c1-7-6-10-11(18(3)8(2)9-4-5-9)15-13(17-14)16-12(10)19-7/h6,8-9H,4-5,14H2,1-3H3,(H,15,16,17). The number of nitrogen functional groups attached to an aromatic ring is 1. The highest BCUT2D eigenvalue weighted by molar-refractivity contribution is 7.18. The molecule has 0 radical (unpaired) electrons. The van der Waals surface area contributed by atoms with E-state index in [1.54, 1.807) is 11.3 Å². The van der Waals surface area contributed by atoms with Crippen molar-refractivity contribution in [2.45, 2.75) is 32.7 Å². The van der Waals surface area contributed by atoms with E-state index in [1.165, 1.54) is 17.7 Å². The Bertz CT molecular complexity index is 604. The summed E-state index contributed by atoms with van der Waals surface area (Å²) in [6.07, 6.45) is 2.65. The number of aromatic nitrogens is 2. The van der Waals surface area contributed by atoms with Crippen LogP contribution in [0.3, 0.4) is 0 Å². The number of thiophene rings is 1. The van der Waals surface area contributed by atoms with Gasteiger partial charge in [-0.1, -0.05) is 0 Å². The largest absolute Gasteiger partial charge is 0.356 e. The van der Waals surface area contributed by atoms with Crippen LogP contribution in [-0.4, -0.2) is 23.1 Å². The average molecular weight is 277 g/mol. The summed E-state index contributed by atoms with van der Waals surface area (Å²) < 4.78 is 0. The summed E-state index contributed by atoms with van der Waals surface area (Å²) in [5.74, 6) is 7.73. The molecule has 1 fully saturated rings. The number of nitrogens with zero attached hydrogens (tertiary/aromatic N) is 3. The molecule has 2 aromatic heterocycles. The van der Waals surface area contributed by atoms with Gasteiger partial charge < -0.3 is 4.90 Å². The number of rotatable bonds is 4. The van der Waals surface area contributed by atoms with Crippen LogP contribution in [0.15, 0.2) is 6.07 Å². The molecule has 5 nitrogen and oxygen atoms in total. The van der Waals surface area contributed by atoms with Crippen LogP contribution >= 0.6 is 11.3 Å². The zero-order valence-corrected chi connectivity index (χ0v) is 12.3. The summed E-state index contributed by atoms with van der Waals surface area (Å²) >= 11 is 1.68. The number of hydrogen-bond acceptors (Lipinski definition) is 6. The van der Waals surface area contributed by atoms with Crippen LogP contribution in [0, 0.1) is 12.8 Å². The Balaban J connectivity index is 2.08. The maximum absolute atomic E-state index is 5.48. The van der Waals surface area contributed by atoms with E-state index in [0.717, 1.165) is 22.0 Å². The lowest BCUT2D eigenvalue weighted by atomic mass is 10.2. The molecule has 19 heavy (non-hydrogen) atoms. The van der Waals surface area contributed by atoms with Gasteiger partial charge in [0, 0.05) is 18.0 Å². The van der Waals surface area contributed by atoms with Crippen LogP contribution in [0.25, 0.3) is 10.2 Å². The molecule has 1 saturated carbocycles. The minimum atomic E-state index is 0.485. The van der Waals surface area contributed by atoms with Crippen LogP contribution in [0.5, 0.6) is 0 Å². The Hall–Kier alpha value is -1.40. The van der Waals surface area contributed by atoms with Gasteiger partial charge in [-0.05, 0) is 38.7 Å². The summed E-state index contributed by atoms with van der Waals surface area (Å²) in [6, 6.07) is 2.66. The van der Waals surface area contributed by atoms with Crippen molar-refractivity contribution >= 4 is 33.3 Å². The normalized spacial score (nSPS) is 16.6. The van der Waals surface area contributed by atoms with Gasteiger partial charge in [-0.2, -0.15) is 4.98 Å². The van der Waals surface area contributed by atoms with Crippen molar-refractivity contribution in [1.29, 1.82) is 0 Å². The van der Waals surface area contributed by atoms with Crippen molar-refractivity contribution in [3.63, 3.8) is 0 Å². The molecule has 2 aromatic rings. The number of anilines is 2. The van der Waals surface area contributed by atoms with Crippen molar-refractivity contribution in [1.82, 2.24) is 9.97 Å². The number of hydrogen-bond donors (Lipinski definition) is 2. The second kappa shape index (κ2) is 4.61. The molecular weight excluding hydrogens is 258 g/mol. The van der Waals surface area contributed by atoms with Crippen molar-refractivity contribution in [3.8, 4) is 0 Å². The number of hydrazine groups is 1. The maximum atomic E-state index is 5.48. The Kier molecular flexibility index (Phi) is 3.06. The van der Waals surface area contributed by atoms with Gasteiger partial charge in [-0.25, -0.2) is 10.8 Å². The quantitative estimate of drug-likeness (QED) is 0.664. The minimum absolute atomic E-state index is 0.485. The molecule has 1 unspecified atom stereocenters. The molecule has 0 amide bonds. The molecule has 6 heteroatoms. The lowest BCUT2D eigenvalue weighted by Crippen LogP contribution is -2.31. The summed E-state index contributed by atoms with van der Waals surface area (Å²) in [4.78, 5) is 13.5. The predicted octanol–water partition coefficient (Wildman–Crippen LogP) is 2.52. The number of aryl methyl sites for hydroxylation is 1. The molecular formula is C13H19N5S.